The lowest BCUT2D eigenvalue weighted by molar-refractivity contribution is -0.174. The standard InChI is InChI=1S/C20H31NO7/c1-8-26-16(23)15(17(24)27-9-2)14(4)20(12-21,11-10-13(3)22)18(25)28-19(5,6)7/h14-15H,8-11H2,1-7H3/t14-,20-/m0/s1. The SMILES string of the molecule is CCOC(=O)C(C(=O)OCC)[C@H](C)[C@@](C#N)(CCC(C)=O)C(=O)OC(C)(C)C. The molecule has 0 aromatic rings. The van der Waals surface area contributed by atoms with Crippen LogP contribution in [0.25, 0.3) is 0 Å². The van der Waals surface area contributed by atoms with E-state index >= 15 is 0 Å². The molecule has 8 heteroatoms. The molecule has 0 radical (unpaired) electrons. The second-order valence-corrected chi connectivity index (χ2v) is 7.56. The zero-order valence-corrected chi connectivity index (χ0v) is 17.8. The van der Waals surface area contributed by atoms with E-state index in [1.807, 2.05) is 6.07 Å². The number of carbonyl (C=O) groups excluding carboxylic acids is 4. The highest BCUT2D eigenvalue weighted by Crippen LogP contribution is 2.40. The van der Waals surface area contributed by atoms with Crippen LogP contribution in [0.2, 0.25) is 0 Å². The summed E-state index contributed by atoms with van der Waals surface area (Å²) in [5, 5.41) is 9.93. The number of hydrogen-bond acceptors (Lipinski definition) is 8. The van der Waals surface area contributed by atoms with Crippen LogP contribution in [0.15, 0.2) is 0 Å². The Morgan fingerprint density at radius 3 is 1.79 bits per heavy atom. The molecule has 0 amide bonds. The number of carbonyl (C=O) groups is 4. The zero-order valence-electron chi connectivity index (χ0n) is 17.8. The monoisotopic (exact) mass is 397 g/mol. The summed E-state index contributed by atoms with van der Waals surface area (Å²) < 4.78 is 15.3. The topological polar surface area (TPSA) is 120 Å². The first kappa shape index (κ1) is 25.6. The summed E-state index contributed by atoms with van der Waals surface area (Å²) in [7, 11) is 0. The molecule has 158 valence electrons. The number of rotatable bonds is 10. The van der Waals surface area contributed by atoms with E-state index in [0.29, 0.717) is 0 Å². The molecule has 0 rings (SSSR count). The van der Waals surface area contributed by atoms with Crippen molar-refractivity contribution in [1.82, 2.24) is 0 Å². The molecule has 2 atom stereocenters. The molecule has 0 aromatic carbocycles. The van der Waals surface area contributed by atoms with E-state index in [-0.39, 0.29) is 31.8 Å². The van der Waals surface area contributed by atoms with Crippen molar-refractivity contribution in [2.45, 2.75) is 66.9 Å². The van der Waals surface area contributed by atoms with Crippen LogP contribution < -0.4 is 0 Å². The highest BCUT2D eigenvalue weighted by Gasteiger charge is 2.54. The predicted octanol–water partition coefficient (Wildman–Crippen LogP) is 2.59. The predicted molar refractivity (Wildman–Crippen MR) is 99.7 cm³/mol. The van der Waals surface area contributed by atoms with Crippen molar-refractivity contribution < 1.29 is 33.4 Å². The van der Waals surface area contributed by atoms with Gasteiger partial charge in [-0.05, 0) is 48.0 Å². The third-order valence-corrected chi connectivity index (χ3v) is 4.19. The second kappa shape index (κ2) is 10.8. The minimum atomic E-state index is -1.90. The smallest absolute Gasteiger partial charge is 0.327 e. The Balaban J connectivity index is 6.26. The molecule has 0 N–H and O–H groups in total. The van der Waals surface area contributed by atoms with Crippen LogP contribution >= 0.6 is 0 Å². The fourth-order valence-electron chi connectivity index (χ4n) is 2.71. The third-order valence-electron chi connectivity index (χ3n) is 4.19. The van der Waals surface area contributed by atoms with Crippen LogP contribution in [-0.4, -0.2) is 42.5 Å². The van der Waals surface area contributed by atoms with Crippen LogP contribution in [-0.2, 0) is 33.4 Å². The Labute approximate surface area is 166 Å². The molecular weight excluding hydrogens is 366 g/mol. The largest absolute Gasteiger partial charge is 0.465 e. The summed E-state index contributed by atoms with van der Waals surface area (Å²) in [5.74, 6) is -5.54. The molecule has 0 bridgehead atoms. The number of nitrogens with zero attached hydrogens (tertiary/aromatic N) is 1. The van der Waals surface area contributed by atoms with Gasteiger partial charge < -0.3 is 19.0 Å². The molecule has 8 nitrogen and oxygen atoms in total. The maximum Gasteiger partial charge on any atom is 0.327 e. The quantitative estimate of drug-likeness (QED) is 0.313. The first-order chi connectivity index (χ1) is 12.9. The van der Waals surface area contributed by atoms with Crippen molar-refractivity contribution in [3.8, 4) is 6.07 Å². The van der Waals surface area contributed by atoms with Crippen molar-refractivity contribution in [2.75, 3.05) is 13.2 Å². The average Bonchev–Trinajstić information content (AvgIpc) is 2.54. The summed E-state index contributed by atoms with van der Waals surface area (Å²) in [5.41, 5.74) is -2.80. The van der Waals surface area contributed by atoms with E-state index < -0.39 is 40.8 Å². The Morgan fingerprint density at radius 2 is 1.46 bits per heavy atom. The maximum atomic E-state index is 13.0. The van der Waals surface area contributed by atoms with E-state index in [4.69, 9.17) is 14.2 Å². The molecule has 0 spiro atoms. The first-order valence-corrected chi connectivity index (χ1v) is 9.33. The van der Waals surface area contributed by atoms with Gasteiger partial charge in [-0.15, -0.1) is 0 Å². The minimum absolute atomic E-state index is 0.0148. The van der Waals surface area contributed by atoms with Crippen molar-refractivity contribution in [3.63, 3.8) is 0 Å². The van der Waals surface area contributed by atoms with Crippen molar-refractivity contribution in [3.05, 3.63) is 0 Å². The normalized spacial score (nSPS) is 14.4. The van der Waals surface area contributed by atoms with Gasteiger partial charge in [0.2, 0.25) is 0 Å². The number of hydrogen-bond donors (Lipinski definition) is 0. The van der Waals surface area contributed by atoms with Crippen LogP contribution in [0.5, 0.6) is 0 Å². The van der Waals surface area contributed by atoms with Crippen LogP contribution in [0.1, 0.15) is 61.3 Å². The molecule has 0 aromatic heterocycles. The number of esters is 3. The summed E-state index contributed by atoms with van der Waals surface area (Å²) >= 11 is 0. The van der Waals surface area contributed by atoms with Gasteiger partial charge in [0.05, 0.1) is 19.3 Å². The van der Waals surface area contributed by atoms with Crippen molar-refractivity contribution in [2.24, 2.45) is 17.3 Å². The molecule has 0 saturated carbocycles. The van der Waals surface area contributed by atoms with E-state index in [1.165, 1.54) is 13.8 Å². The molecule has 0 aliphatic rings. The summed E-state index contributed by atoms with van der Waals surface area (Å²) in [4.78, 5) is 49.4. The zero-order chi connectivity index (χ0) is 22.1. The van der Waals surface area contributed by atoms with Gasteiger partial charge in [-0.2, -0.15) is 5.26 Å². The molecule has 28 heavy (non-hydrogen) atoms. The van der Waals surface area contributed by atoms with Gasteiger partial charge in [0.25, 0.3) is 0 Å². The highest BCUT2D eigenvalue weighted by atomic mass is 16.6. The van der Waals surface area contributed by atoms with Gasteiger partial charge in [0.15, 0.2) is 11.3 Å². The van der Waals surface area contributed by atoms with Gasteiger partial charge in [0.1, 0.15) is 11.4 Å². The number of nitriles is 1. The molecule has 0 saturated heterocycles. The highest BCUT2D eigenvalue weighted by molar-refractivity contribution is 5.96. The molecule has 0 heterocycles. The molecule has 0 unspecified atom stereocenters. The summed E-state index contributed by atoms with van der Waals surface area (Å²) in [6.07, 6.45) is -0.278. The van der Waals surface area contributed by atoms with Crippen molar-refractivity contribution >= 4 is 23.7 Å². The van der Waals surface area contributed by atoms with Gasteiger partial charge >= 0.3 is 17.9 Å². The van der Waals surface area contributed by atoms with Gasteiger partial charge in [-0.3, -0.25) is 14.4 Å². The van der Waals surface area contributed by atoms with Gasteiger partial charge in [-0.1, -0.05) is 6.92 Å². The van der Waals surface area contributed by atoms with Crippen LogP contribution in [0.4, 0.5) is 0 Å². The fourth-order valence-corrected chi connectivity index (χ4v) is 2.71. The Bertz CT molecular complexity index is 611. The third kappa shape index (κ3) is 6.95. The van der Waals surface area contributed by atoms with E-state index in [1.54, 1.807) is 34.6 Å². The first-order valence-electron chi connectivity index (χ1n) is 9.33. The van der Waals surface area contributed by atoms with Crippen LogP contribution in [0.3, 0.4) is 0 Å². The number of ether oxygens (including phenoxy) is 3. The Hall–Kier alpha value is -2.43. The summed E-state index contributed by atoms with van der Waals surface area (Å²) in [6, 6.07) is 1.93. The maximum absolute atomic E-state index is 13.0. The Morgan fingerprint density at radius 1 is 1.00 bits per heavy atom. The van der Waals surface area contributed by atoms with E-state index in [0.717, 1.165) is 0 Å². The minimum Gasteiger partial charge on any atom is -0.465 e. The number of ketones is 1. The van der Waals surface area contributed by atoms with Gasteiger partial charge in [0, 0.05) is 12.3 Å². The second-order valence-electron chi connectivity index (χ2n) is 7.56. The molecule has 0 fully saturated rings. The fraction of sp³-hybridized carbons (Fsp3) is 0.750. The lowest BCUT2D eigenvalue weighted by Gasteiger charge is -2.35. The van der Waals surface area contributed by atoms with E-state index in [9.17, 15) is 24.4 Å². The van der Waals surface area contributed by atoms with Crippen LogP contribution in [0, 0.1) is 28.6 Å². The average molecular weight is 397 g/mol. The Kier molecular flexibility index (Phi) is 9.85. The molecule has 0 aliphatic heterocycles. The lowest BCUT2D eigenvalue weighted by Crippen LogP contribution is -2.48. The van der Waals surface area contributed by atoms with Crippen molar-refractivity contribution in [1.29, 1.82) is 5.26 Å². The van der Waals surface area contributed by atoms with E-state index in [2.05, 4.69) is 0 Å². The van der Waals surface area contributed by atoms with Gasteiger partial charge in [-0.25, -0.2) is 0 Å². The summed E-state index contributed by atoms with van der Waals surface area (Å²) in [6.45, 7) is 10.8. The molecular formula is C20H31NO7. The lowest BCUT2D eigenvalue weighted by atomic mass is 9.68. The molecule has 0 aliphatic carbocycles. The number of Topliss-reactive ketones (excluding diaryl/α,β-unsaturated/α-hetero) is 1.